The number of carbonyl (C=O) groups excluding carboxylic acids is 2. The molecule has 2 amide bonds. The highest BCUT2D eigenvalue weighted by molar-refractivity contribution is 5.96. The van der Waals surface area contributed by atoms with Crippen molar-refractivity contribution >= 4 is 34.2 Å². The van der Waals surface area contributed by atoms with E-state index in [9.17, 15) is 9.59 Å². The van der Waals surface area contributed by atoms with Crippen molar-refractivity contribution in [3.8, 4) is 0 Å². The minimum atomic E-state index is -0.165. The summed E-state index contributed by atoms with van der Waals surface area (Å²) in [4.78, 5) is 30.3. The van der Waals surface area contributed by atoms with Crippen LogP contribution in [0.15, 0.2) is 47.0 Å². The SMILES string of the molecule is Cc1c(CN(C)C(=O)/C=C(\CN)c2cnc3c(c2)CCC(=O)N3)oc2ccccc12. The largest absolute Gasteiger partial charge is 0.459 e. The molecule has 0 radical (unpaired) electrons. The van der Waals surface area contributed by atoms with Crippen LogP contribution in [0.25, 0.3) is 16.5 Å². The van der Waals surface area contributed by atoms with Crippen molar-refractivity contribution in [2.24, 2.45) is 5.73 Å². The lowest BCUT2D eigenvalue weighted by Gasteiger charge is -2.18. The molecule has 0 fully saturated rings. The second kappa shape index (κ2) is 8.12. The van der Waals surface area contributed by atoms with E-state index >= 15 is 0 Å². The molecule has 3 heterocycles. The molecule has 0 unspecified atom stereocenters. The Hall–Kier alpha value is -3.45. The number of anilines is 1. The first-order valence-corrected chi connectivity index (χ1v) is 9.88. The fourth-order valence-corrected chi connectivity index (χ4v) is 3.62. The van der Waals surface area contributed by atoms with Gasteiger partial charge in [0, 0.05) is 43.2 Å². The van der Waals surface area contributed by atoms with Crippen molar-refractivity contribution in [3.05, 3.63) is 65.1 Å². The molecule has 2 aromatic heterocycles. The summed E-state index contributed by atoms with van der Waals surface area (Å²) in [5.74, 6) is 1.15. The number of aryl methyl sites for hydroxylation is 2. The van der Waals surface area contributed by atoms with Crippen LogP contribution in [0.2, 0.25) is 0 Å². The van der Waals surface area contributed by atoms with Crippen LogP contribution in [-0.4, -0.2) is 35.3 Å². The normalized spacial score (nSPS) is 13.8. The molecule has 0 saturated carbocycles. The Morgan fingerprint density at radius 3 is 2.90 bits per heavy atom. The van der Waals surface area contributed by atoms with Gasteiger partial charge in [-0.15, -0.1) is 0 Å². The second-order valence-electron chi connectivity index (χ2n) is 7.49. The fraction of sp³-hybridized carbons (Fsp3) is 0.261. The molecule has 3 aromatic rings. The summed E-state index contributed by atoms with van der Waals surface area (Å²) in [5, 5.41) is 3.81. The lowest BCUT2D eigenvalue weighted by atomic mass is 10.0. The van der Waals surface area contributed by atoms with E-state index in [2.05, 4.69) is 10.3 Å². The van der Waals surface area contributed by atoms with Crippen LogP contribution in [0.1, 0.15) is 28.9 Å². The molecular weight excluding hydrogens is 380 g/mol. The first-order valence-electron chi connectivity index (χ1n) is 9.88. The van der Waals surface area contributed by atoms with E-state index in [-0.39, 0.29) is 18.4 Å². The van der Waals surface area contributed by atoms with Gasteiger partial charge in [-0.3, -0.25) is 9.59 Å². The molecule has 0 saturated heterocycles. The Labute approximate surface area is 174 Å². The summed E-state index contributed by atoms with van der Waals surface area (Å²) in [6.45, 7) is 2.57. The van der Waals surface area contributed by atoms with Gasteiger partial charge in [-0.05, 0) is 42.2 Å². The third-order valence-corrected chi connectivity index (χ3v) is 5.43. The van der Waals surface area contributed by atoms with Gasteiger partial charge in [-0.1, -0.05) is 18.2 Å². The number of nitrogens with zero attached hydrogens (tertiary/aromatic N) is 2. The fourth-order valence-electron chi connectivity index (χ4n) is 3.62. The Balaban J connectivity index is 1.54. The maximum atomic E-state index is 12.8. The van der Waals surface area contributed by atoms with Gasteiger partial charge in [0.1, 0.15) is 17.2 Å². The lowest BCUT2D eigenvalue weighted by molar-refractivity contribution is -0.125. The smallest absolute Gasteiger partial charge is 0.247 e. The van der Waals surface area contributed by atoms with Crippen molar-refractivity contribution < 1.29 is 14.0 Å². The molecule has 1 aromatic carbocycles. The zero-order chi connectivity index (χ0) is 21.3. The van der Waals surface area contributed by atoms with Crippen molar-refractivity contribution in [3.63, 3.8) is 0 Å². The van der Waals surface area contributed by atoms with Crippen LogP contribution < -0.4 is 11.1 Å². The van der Waals surface area contributed by atoms with Crippen LogP contribution in [0.3, 0.4) is 0 Å². The maximum absolute atomic E-state index is 12.8. The standard InChI is InChI=1S/C23H24N4O3/c1-14-18-5-3-4-6-19(18)30-20(14)13-27(2)22(29)10-16(11-24)17-9-15-7-8-21(28)26-23(15)25-12-17/h3-6,9-10,12H,7-8,11,13,24H2,1-2H3,(H,25,26,28)/b16-10+. The quantitative estimate of drug-likeness (QED) is 0.637. The van der Waals surface area contributed by atoms with Crippen molar-refractivity contribution in [1.29, 1.82) is 0 Å². The molecule has 1 aliphatic heterocycles. The summed E-state index contributed by atoms with van der Waals surface area (Å²) in [6.07, 6.45) is 4.24. The number of rotatable bonds is 5. The molecular formula is C23H24N4O3. The van der Waals surface area contributed by atoms with E-state index in [0.717, 1.165) is 33.4 Å². The third kappa shape index (κ3) is 3.84. The molecule has 7 nitrogen and oxygen atoms in total. The number of likely N-dealkylation sites (N-methyl/N-ethyl adjacent to an activating group) is 1. The second-order valence-corrected chi connectivity index (χ2v) is 7.49. The van der Waals surface area contributed by atoms with Gasteiger partial charge in [-0.2, -0.15) is 0 Å². The third-order valence-electron chi connectivity index (χ3n) is 5.43. The van der Waals surface area contributed by atoms with Crippen LogP contribution in [0.4, 0.5) is 5.82 Å². The van der Waals surface area contributed by atoms with Crippen LogP contribution in [-0.2, 0) is 22.6 Å². The van der Waals surface area contributed by atoms with Gasteiger partial charge >= 0.3 is 0 Å². The predicted octanol–water partition coefficient (Wildman–Crippen LogP) is 3.02. The minimum Gasteiger partial charge on any atom is -0.459 e. The van der Waals surface area contributed by atoms with Crippen molar-refractivity contribution in [2.45, 2.75) is 26.3 Å². The van der Waals surface area contributed by atoms with Gasteiger partial charge in [0.05, 0.1) is 6.54 Å². The summed E-state index contributed by atoms with van der Waals surface area (Å²) in [5.41, 5.74) is 10.2. The molecule has 3 N–H and O–H groups in total. The van der Waals surface area contributed by atoms with E-state index in [0.29, 0.717) is 30.8 Å². The number of pyridine rings is 1. The number of furan rings is 1. The van der Waals surface area contributed by atoms with Crippen LogP contribution in [0.5, 0.6) is 0 Å². The highest BCUT2D eigenvalue weighted by atomic mass is 16.3. The monoisotopic (exact) mass is 404 g/mol. The Kier molecular flexibility index (Phi) is 5.37. The average molecular weight is 404 g/mol. The molecule has 0 spiro atoms. The Morgan fingerprint density at radius 1 is 1.33 bits per heavy atom. The summed E-state index contributed by atoms with van der Waals surface area (Å²) in [7, 11) is 1.74. The van der Waals surface area contributed by atoms with E-state index in [1.165, 1.54) is 0 Å². The summed E-state index contributed by atoms with van der Waals surface area (Å²) in [6, 6.07) is 9.77. The van der Waals surface area contributed by atoms with E-state index in [1.54, 1.807) is 24.2 Å². The van der Waals surface area contributed by atoms with Gasteiger partial charge in [0.2, 0.25) is 11.8 Å². The number of hydrogen-bond acceptors (Lipinski definition) is 5. The number of carbonyl (C=O) groups is 2. The lowest BCUT2D eigenvalue weighted by Crippen LogP contribution is -2.25. The Morgan fingerprint density at radius 2 is 2.13 bits per heavy atom. The van der Waals surface area contributed by atoms with Crippen LogP contribution in [0, 0.1) is 6.92 Å². The number of hydrogen-bond donors (Lipinski definition) is 2. The number of nitrogens with one attached hydrogen (secondary N) is 1. The molecule has 7 heteroatoms. The zero-order valence-electron chi connectivity index (χ0n) is 17.1. The topological polar surface area (TPSA) is 101 Å². The number of nitrogens with two attached hydrogens (primary N) is 1. The molecule has 0 bridgehead atoms. The molecule has 0 atom stereocenters. The van der Waals surface area contributed by atoms with Gasteiger partial charge in [0.15, 0.2) is 0 Å². The Bertz CT molecular complexity index is 1160. The van der Waals surface area contributed by atoms with Crippen molar-refractivity contribution in [1.82, 2.24) is 9.88 Å². The minimum absolute atomic E-state index is 0.0324. The van der Waals surface area contributed by atoms with E-state index < -0.39 is 0 Å². The molecule has 30 heavy (non-hydrogen) atoms. The molecule has 1 aliphatic rings. The average Bonchev–Trinajstić information content (AvgIpc) is 3.07. The van der Waals surface area contributed by atoms with Crippen molar-refractivity contribution in [2.75, 3.05) is 18.9 Å². The highest BCUT2D eigenvalue weighted by Gasteiger charge is 2.18. The molecule has 0 aliphatic carbocycles. The predicted molar refractivity (Wildman–Crippen MR) is 116 cm³/mol. The highest BCUT2D eigenvalue weighted by Crippen LogP contribution is 2.26. The first kappa shape index (κ1) is 19.8. The number of amides is 2. The first-order chi connectivity index (χ1) is 14.5. The number of fused-ring (bicyclic) bond motifs is 2. The van der Waals surface area contributed by atoms with Gasteiger partial charge in [0.25, 0.3) is 0 Å². The van der Waals surface area contributed by atoms with E-state index in [4.69, 9.17) is 10.2 Å². The number of aromatic nitrogens is 1. The maximum Gasteiger partial charge on any atom is 0.247 e. The van der Waals surface area contributed by atoms with Crippen LogP contribution >= 0.6 is 0 Å². The van der Waals surface area contributed by atoms with E-state index in [1.807, 2.05) is 37.3 Å². The zero-order valence-corrected chi connectivity index (χ0v) is 17.1. The van der Waals surface area contributed by atoms with Gasteiger partial charge in [-0.25, -0.2) is 4.98 Å². The van der Waals surface area contributed by atoms with Gasteiger partial charge < -0.3 is 20.4 Å². The number of benzene rings is 1. The summed E-state index contributed by atoms with van der Waals surface area (Å²) >= 11 is 0. The number of para-hydroxylation sites is 1. The molecule has 154 valence electrons. The summed E-state index contributed by atoms with van der Waals surface area (Å²) < 4.78 is 5.92. The molecule has 4 rings (SSSR count).